The summed E-state index contributed by atoms with van der Waals surface area (Å²) < 4.78 is 5.87. The molecule has 0 spiro atoms. The summed E-state index contributed by atoms with van der Waals surface area (Å²) >= 11 is 0. The molecule has 8 heteroatoms. The minimum absolute atomic E-state index is 0. The lowest BCUT2D eigenvalue weighted by molar-refractivity contribution is -0.119. The first-order chi connectivity index (χ1) is 11.2. The maximum atomic E-state index is 12.0. The zero-order valence-corrected chi connectivity index (χ0v) is 13.8. The predicted molar refractivity (Wildman–Crippen MR) is 91.4 cm³/mol. The van der Waals surface area contributed by atoms with Gasteiger partial charge in [-0.1, -0.05) is 6.07 Å². The summed E-state index contributed by atoms with van der Waals surface area (Å²) in [5.41, 5.74) is 7.98. The molecule has 0 unspecified atom stereocenters. The normalized spacial score (nSPS) is 13.2. The SMILES string of the molecule is Cl.NCc1cc(Oc2cccc3c2CCC(=O)N3CCO)ncn1. The highest BCUT2D eigenvalue weighted by atomic mass is 35.5. The van der Waals surface area contributed by atoms with E-state index in [1.807, 2.05) is 18.2 Å². The second-order valence-electron chi connectivity index (χ2n) is 5.18. The number of anilines is 1. The maximum absolute atomic E-state index is 12.0. The van der Waals surface area contributed by atoms with Crippen LogP contribution in [0.25, 0.3) is 0 Å². The lowest BCUT2D eigenvalue weighted by Gasteiger charge is -2.29. The molecule has 1 aliphatic rings. The molecular formula is C16H19ClN4O3. The molecule has 1 amide bonds. The van der Waals surface area contributed by atoms with Crippen LogP contribution in [0.3, 0.4) is 0 Å². The Hall–Kier alpha value is -2.22. The van der Waals surface area contributed by atoms with Crippen LogP contribution < -0.4 is 15.4 Å². The molecule has 2 heterocycles. The van der Waals surface area contributed by atoms with Gasteiger partial charge < -0.3 is 20.5 Å². The molecule has 0 saturated carbocycles. The largest absolute Gasteiger partial charge is 0.439 e. The molecule has 0 radical (unpaired) electrons. The second-order valence-corrected chi connectivity index (χ2v) is 5.18. The van der Waals surface area contributed by atoms with Crippen molar-refractivity contribution in [2.45, 2.75) is 19.4 Å². The summed E-state index contributed by atoms with van der Waals surface area (Å²) in [6, 6.07) is 7.22. The number of rotatable bonds is 5. The lowest BCUT2D eigenvalue weighted by atomic mass is 10.00. The van der Waals surface area contributed by atoms with E-state index in [1.165, 1.54) is 6.33 Å². The molecule has 0 atom stereocenters. The number of hydrogen-bond donors (Lipinski definition) is 2. The molecule has 128 valence electrons. The van der Waals surface area contributed by atoms with E-state index in [0.29, 0.717) is 36.7 Å². The Bertz CT molecular complexity index is 726. The van der Waals surface area contributed by atoms with Gasteiger partial charge in [-0.05, 0) is 18.6 Å². The van der Waals surface area contributed by atoms with E-state index < -0.39 is 0 Å². The number of halogens is 1. The van der Waals surface area contributed by atoms with Crippen LogP contribution in [0.4, 0.5) is 5.69 Å². The van der Waals surface area contributed by atoms with E-state index in [0.717, 1.165) is 11.3 Å². The highest BCUT2D eigenvalue weighted by Gasteiger charge is 2.26. The number of nitrogens with zero attached hydrogens (tertiary/aromatic N) is 3. The van der Waals surface area contributed by atoms with Crippen LogP contribution >= 0.6 is 12.4 Å². The number of carbonyl (C=O) groups excluding carboxylic acids is 1. The fourth-order valence-electron chi connectivity index (χ4n) is 2.66. The van der Waals surface area contributed by atoms with E-state index in [-0.39, 0.29) is 31.5 Å². The maximum Gasteiger partial charge on any atom is 0.227 e. The van der Waals surface area contributed by atoms with Crippen molar-refractivity contribution in [2.24, 2.45) is 5.73 Å². The Balaban J connectivity index is 0.00000208. The third-order valence-electron chi connectivity index (χ3n) is 3.73. The molecule has 0 aliphatic carbocycles. The van der Waals surface area contributed by atoms with Crippen LogP contribution in [0.2, 0.25) is 0 Å². The van der Waals surface area contributed by atoms with Crippen molar-refractivity contribution >= 4 is 24.0 Å². The van der Waals surface area contributed by atoms with Crippen LogP contribution in [0.15, 0.2) is 30.6 Å². The van der Waals surface area contributed by atoms with Crippen LogP contribution in [-0.4, -0.2) is 34.1 Å². The number of fused-ring (bicyclic) bond motifs is 1. The molecule has 0 fully saturated rings. The van der Waals surface area contributed by atoms with Crippen molar-refractivity contribution in [1.82, 2.24) is 9.97 Å². The zero-order valence-electron chi connectivity index (χ0n) is 13.0. The lowest BCUT2D eigenvalue weighted by Crippen LogP contribution is -2.37. The average molecular weight is 351 g/mol. The molecule has 24 heavy (non-hydrogen) atoms. The fourth-order valence-corrected chi connectivity index (χ4v) is 2.66. The first-order valence-corrected chi connectivity index (χ1v) is 7.45. The number of amides is 1. The third-order valence-corrected chi connectivity index (χ3v) is 3.73. The summed E-state index contributed by atoms with van der Waals surface area (Å²) in [7, 11) is 0. The molecular weight excluding hydrogens is 332 g/mol. The van der Waals surface area contributed by atoms with E-state index in [1.54, 1.807) is 11.0 Å². The molecule has 3 N–H and O–H groups in total. The van der Waals surface area contributed by atoms with Gasteiger partial charge in [0.1, 0.15) is 12.1 Å². The molecule has 1 aromatic carbocycles. The third kappa shape index (κ3) is 3.64. The van der Waals surface area contributed by atoms with Crippen LogP contribution in [0, 0.1) is 0 Å². The topological polar surface area (TPSA) is 102 Å². The van der Waals surface area contributed by atoms with Crippen molar-refractivity contribution in [3.8, 4) is 11.6 Å². The van der Waals surface area contributed by atoms with Gasteiger partial charge in [0, 0.05) is 31.1 Å². The molecule has 3 rings (SSSR count). The molecule has 1 aromatic heterocycles. The van der Waals surface area contributed by atoms with Gasteiger partial charge in [0.05, 0.1) is 18.0 Å². The average Bonchev–Trinajstić information content (AvgIpc) is 2.58. The standard InChI is InChI=1S/C16H18N4O3.ClH/c17-9-11-8-15(19-10-18-11)23-14-3-1-2-13-12(14)4-5-16(22)20(13)6-7-21;/h1-3,8,10,21H,4-7,9,17H2;1H. The Morgan fingerprint density at radius 1 is 1.29 bits per heavy atom. The quantitative estimate of drug-likeness (QED) is 0.845. The minimum atomic E-state index is -0.0813. The Labute approximate surface area is 145 Å². The first kappa shape index (κ1) is 18.1. The number of nitrogens with two attached hydrogens (primary N) is 1. The number of hydrogen-bond acceptors (Lipinski definition) is 6. The van der Waals surface area contributed by atoms with Gasteiger partial charge in [-0.25, -0.2) is 9.97 Å². The number of aromatic nitrogens is 2. The smallest absolute Gasteiger partial charge is 0.227 e. The highest BCUT2D eigenvalue weighted by Crippen LogP contribution is 2.36. The number of benzene rings is 1. The minimum Gasteiger partial charge on any atom is -0.439 e. The number of β-amino-alcohol motifs (C(OH)–C–C–N with tert-alkyl or cyclic N) is 1. The van der Waals surface area contributed by atoms with Gasteiger partial charge in [-0.3, -0.25) is 4.79 Å². The summed E-state index contributed by atoms with van der Waals surface area (Å²) in [5.74, 6) is 1.08. The molecule has 0 bridgehead atoms. The number of aliphatic hydroxyl groups excluding tert-OH is 1. The van der Waals surface area contributed by atoms with Gasteiger partial charge >= 0.3 is 0 Å². The van der Waals surface area contributed by atoms with Crippen LogP contribution in [0.5, 0.6) is 11.6 Å². The molecule has 7 nitrogen and oxygen atoms in total. The van der Waals surface area contributed by atoms with E-state index in [9.17, 15) is 9.90 Å². The second kappa shape index (κ2) is 8.05. The van der Waals surface area contributed by atoms with Crippen molar-refractivity contribution in [1.29, 1.82) is 0 Å². The van der Waals surface area contributed by atoms with Crippen LogP contribution in [-0.2, 0) is 17.8 Å². The van der Waals surface area contributed by atoms with Crippen molar-refractivity contribution in [3.05, 3.63) is 41.9 Å². The monoisotopic (exact) mass is 350 g/mol. The van der Waals surface area contributed by atoms with Gasteiger partial charge in [-0.15, -0.1) is 12.4 Å². The Kier molecular flexibility index (Phi) is 6.08. The molecule has 1 aliphatic heterocycles. The highest BCUT2D eigenvalue weighted by molar-refractivity contribution is 5.97. The van der Waals surface area contributed by atoms with E-state index in [4.69, 9.17) is 10.5 Å². The van der Waals surface area contributed by atoms with Crippen molar-refractivity contribution < 1.29 is 14.6 Å². The van der Waals surface area contributed by atoms with E-state index in [2.05, 4.69) is 9.97 Å². The van der Waals surface area contributed by atoms with Crippen molar-refractivity contribution in [2.75, 3.05) is 18.1 Å². The fraction of sp³-hybridized carbons (Fsp3) is 0.312. The number of aliphatic hydroxyl groups is 1. The summed E-state index contributed by atoms with van der Waals surface area (Å²) in [5, 5.41) is 9.17. The van der Waals surface area contributed by atoms with Crippen LogP contribution in [0.1, 0.15) is 17.7 Å². The summed E-state index contributed by atoms with van der Waals surface area (Å²) in [6.45, 7) is 0.507. The summed E-state index contributed by atoms with van der Waals surface area (Å²) in [4.78, 5) is 21.8. The molecule has 2 aromatic rings. The van der Waals surface area contributed by atoms with Gasteiger partial charge in [0.2, 0.25) is 11.8 Å². The van der Waals surface area contributed by atoms with Crippen molar-refractivity contribution in [3.63, 3.8) is 0 Å². The zero-order chi connectivity index (χ0) is 16.2. The first-order valence-electron chi connectivity index (χ1n) is 7.45. The number of ether oxygens (including phenoxy) is 1. The molecule has 0 saturated heterocycles. The Morgan fingerprint density at radius 3 is 2.88 bits per heavy atom. The number of carbonyl (C=O) groups is 1. The van der Waals surface area contributed by atoms with Gasteiger partial charge in [0.25, 0.3) is 0 Å². The van der Waals surface area contributed by atoms with E-state index >= 15 is 0 Å². The van der Waals surface area contributed by atoms with Gasteiger partial charge in [-0.2, -0.15) is 0 Å². The van der Waals surface area contributed by atoms with Gasteiger partial charge in [0.15, 0.2) is 0 Å². The summed E-state index contributed by atoms with van der Waals surface area (Å²) in [6.07, 6.45) is 2.40. The Morgan fingerprint density at radius 2 is 2.12 bits per heavy atom. The predicted octanol–water partition coefficient (Wildman–Crippen LogP) is 1.42.